The minimum absolute atomic E-state index is 0.0779. The molecule has 1 unspecified atom stereocenters. The van der Waals surface area contributed by atoms with Crippen molar-refractivity contribution in [3.63, 3.8) is 0 Å². The Hall–Kier alpha value is -0.970. The third kappa shape index (κ3) is 4.50. The van der Waals surface area contributed by atoms with Gasteiger partial charge in [0.25, 0.3) is 0 Å². The molecule has 0 amide bonds. The molecule has 0 aliphatic rings. The van der Waals surface area contributed by atoms with Gasteiger partial charge in [0.05, 0.1) is 19.2 Å². The van der Waals surface area contributed by atoms with Crippen LogP contribution < -0.4 is 15.2 Å². The number of rotatable bonds is 9. The van der Waals surface area contributed by atoms with Gasteiger partial charge in [-0.25, -0.2) is 0 Å². The molecule has 0 aliphatic heterocycles. The average molecular weight is 315 g/mol. The summed E-state index contributed by atoms with van der Waals surface area (Å²) in [7, 11) is 5.28. The van der Waals surface area contributed by atoms with E-state index in [2.05, 4.69) is 18.9 Å². The molecule has 4 nitrogen and oxygen atoms in total. The molecular formula is C16H27ClN2O2. The fourth-order valence-electron chi connectivity index (χ4n) is 2.47. The number of hydrogen-bond donors (Lipinski definition) is 1. The lowest BCUT2D eigenvalue weighted by Crippen LogP contribution is -2.31. The first-order valence-corrected chi connectivity index (χ1v) is 7.79. The summed E-state index contributed by atoms with van der Waals surface area (Å²) in [5.74, 6) is 1.20. The second-order valence-electron chi connectivity index (χ2n) is 5.14. The summed E-state index contributed by atoms with van der Waals surface area (Å²) in [4.78, 5) is 2.25. The van der Waals surface area contributed by atoms with Gasteiger partial charge >= 0.3 is 0 Å². The molecule has 2 N–H and O–H groups in total. The van der Waals surface area contributed by atoms with Crippen LogP contribution in [0.5, 0.6) is 11.5 Å². The SMILES string of the molecule is CCCCCN(C)C(CN)c1ccc(OC)c(OC)c1Cl. The lowest BCUT2D eigenvalue weighted by Gasteiger charge is -2.28. The molecule has 1 rings (SSSR count). The molecule has 0 fully saturated rings. The first-order chi connectivity index (χ1) is 10.1. The monoisotopic (exact) mass is 314 g/mol. The molecule has 0 bridgehead atoms. The molecule has 1 aromatic carbocycles. The van der Waals surface area contributed by atoms with Crippen LogP contribution in [-0.4, -0.2) is 39.3 Å². The van der Waals surface area contributed by atoms with E-state index >= 15 is 0 Å². The van der Waals surface area contributed by atoms with E-state index in [-0.39, 0.29) is 6.04 Å². The van der Waals surface area contributed by atoms with Gasteiger partial charge in [-0.3, -0.25) is 4.90 Å². The minimum Gasteiger partial charge on any atom is -0.493 e. The van der Waals surface area contributed by atoms with Crippen LogP contribution in [-0.2, 0) is 0 Å². The maximum atomic E-state index is 6.48. The van der Waals surface area contributed by atoms with Gasteiger partial charge in [0, 0.05) is 12.6 Å². The molecule has 1 atom stereocenters. The first kappa shape index (κ1) is 18.1. The number of benzene rings is 1. The zero-order valence-electron chi connectivity index (χ0n) is 13.5. The molecule has 0 heterocycles. The molecule has 0 radical (unpaired) electrons. The standard InChI is InChI=1S/C16H27ClN2O2/c1-5-6-7-10-19(2)13(11-18)12-8-9-14(20-3)16(21-4)15(12)17/h8-9,13H,5-7,10-11,18H2,1-4H3. The third-order valence-electron chi connectivity index (χ3n) is 3.74. The highest BCUT2D eigenvalue weighted by Gasteiger charge is 2.22. The molecule has 0 saturated carbocycles. The van der Waals surface area contributed by atoms with E-state index in [9.17, 15) is 0 Å². The topological polar surface area (TPSA) is 47.7 Å². The van der Waals surface area contributed by atoms with Gasteiger partial charge in [-0.2, -0.15) is 0 Å². The molecule has 21 heavy (non-hydrogen) atoms. The van der Waals surface area contributed by atoms with E-state index < -0.39 is 0 Å². The fourth-order valence-corrected chi connectivity index (χ4v) is 2.83. The maximum absolute atomic E-state index is 6.48. The predicted molar refractivity (Wildman–Crippen MR) is 88.5 cm³/mol. The van der Waals surface area contributed by atoms with Crippen molar-refractivity contribution in [1.29, 1.82) is 0 Å². The normalized spacial score (nSPS) is 12.5. The summed E-state index contributed by atoms with van der Waals surface area (Å²) < 4.78 is 10.6. The summed E-state index contributed by atoms with van der Waals surface area (Å²) in [5.41, 5.74) is 6.95. The van der Waals surface area contributed by atoms with E-state index in [0.717, 1.165) is 18.5 Å². The van der Waals surface area contributed by atoms with Gasteiger partial charge in [0.1, 0.15) is 0 Å². The molecule has 120 valence electrons. The lowest BCUT2D eigenvalue weighted by molar-refractivity contribution is 0.244. The van der Waals surface area contributed by atoms with Crippen molar-refractivity contribution < 1.29 is 9.47 Å². The van der Waals surface area contributed by atoms with Crippen LogP contribution in [0.25, 0.3) is 0 Å². The summed E-state index contributed by atoms with van der Waals surface area (Å²) in [6, 6.07) is 3.93. The van der Waals surface area contributed by atoms with Crippen molar-refractivity contribution in [3.8, 4) is 11.5 Å². The summed E-state index contributed by atoms with van der Waals surface area (Å²) in [6.07, 6.45) is 3.59. The Morgan fingerprint density at radius 2 is 1.95 bits per heavy atom. The molecular weight excluding hydrogens is 288 g/mol. The quantitative estimate of drug-likeness (QED) is 0.709. The molecule has 0 aromatic heterocycles. The second kappa shape index (κ2) is 9.13. The van der Waals surface area contributed by atoms with E-state index in [1.54, 1.807) is 14.2 Å². The zero-order valence-corrected chi connectivity index (χ0v) is 14.2. The predicted octanol–water partition coefficient (Wildman–Crippen LogP) is 3.48. The highest BCUT2D eigenvalue weighted by molar-refractivity contribution is 6.33. The van der Waals surface area contributed by atoms with Crippen LogP contribution in [0.15, 0.2) is 12.1 Å². The maximum Gasteiger partial charge on any atom is 0.179 e. The number of methoxy groups -OCH3 is 2. The largest absolute Gasteiger partial charge is 0.493 e. The van der Waals surface area contributed by atoms with E-state index in [0.29, 0.717) is 23.1 Å². The van der Waals surface area contributed by atoms with Gasteiger partial charge in [-0.1, -0.05) is 37.4 Å². The van der Waals surface area contributed by atoms with Crippen LogP contribution in [0.2, 0.25) is 5.02 Å². The van der Waals surface area contributed by atoms with Crippen LogP contribution in [0.4, 0.5) is 0 Å². The number of unbranched alkanes of at least 4 members (excludes halogenated alkanes) is 2. The Morgan fingerprint density at radius 1 is 1.24 bits per heavy atom. The van der Waals surface area contributed by atoms with Crippen molar-refractivity contribution >= 4 is 11.6 Å². The molecule has 0 saturated heterocycles. The first-order valence-electron chi connectivity index (χ1n) is 7.41. The smallest absolute Gasteiger partial charge is 0.179 e. The van der Waals surface area contributed by atoms with E-state index in [4.69, 9.17) is 26.8 Å². The lowest BCUT2D eigenvalue weighted by atomic mass is 10.0. The van der Waals surface area contributed by atoms with Crippen molar-refractivity contribution in [2.75, 3.05) is 34.4 Å². The highest BCUT2D eigenvalue weighted by atomic mass is 35.5. The number of hydrogen-bond acceptors (Lipinski definition) is 4. The van der Waals surface area contributed by atoms with Gasteiger partial charge in [0.2, 0.25) is 0 Å². The Balaban J connectivity index is 3.00. The fraction of sp³-hybridized carbons (Fsp3) is 0.625. The van der Waals surface area contributed by atoms with Gasteiger partial charge in [-0.05, 0) is 31.6 Å². The van der Waals surface area contributed by atoms with Crippen molar-refractivity contribution in [1.82, 2.24) is 4.90 Å². The summed E-state index contributed by atoms with van der Waals surface area (Å²) in [6.45, 7) is 3.71. The average Bonchev–Trinajstić information content (AvgIpc) is 2.49. The van der Waals surface area contributed by atoms with Gasteiger partial charge < -0.3 is 15.2 Å². The number of ether oxygens (including phenoxy) is 2. The van der Waals surface area contributed by atoms with Gasteiger partial charge in [0.15, 0.2) is 11.5 Å². The Kier molecular flexibility index (Phi) is 7.86. The Morgan fingerprint density at radius 3 is 2.48 bits per heavy atom. The van der Waals surface area contributed by atoms with Gasteiger partial charge in [-0.15, -0.1) is 0 Å². The van der Waals surface area contributed by atoms with Crippen LogP contribution in [0.1, 0.15) is 37.8 Å². The molecule has 0 aliphatic carbocycles. The van der Waals surface area contributed by atoms with Crippen LogP contribution in [0, 0.1) is 0 Å². The minimum atomic E-state index is 0.0779. The second-order valence-corrected chi connectivity index (χ2v) is 5.52. The van der Waals surface area contributed by atoms with Crippen LogP contribution in [0.3, 0.4) is 0 Å². The number of likely N-dealkylation sites (N-methyl/N-ethyl adjacent to an activating group) is 1. The van der Waals surface area contributed by atoms with Crippen molar-refractivity contribution in [2.24, 2.45) is 5.73 Å². The third-order valence-corrected chi connectivity index (χ3v) is 4.13. The molecule has 5 heteroatoms. The zero-order chi connectivity index (χ0) is 15.8. The van der Waals surface area contributed by atoms with Crippen molar-refractivity contribution in [3.05, 3.63) is 22.7 Å². The Bertz CT molecular complexity index is 441. The Labute approximate surface area is 133 Å². The van der Waals surface area contributed by atoms with E-state index in [1.807, 2.05) is 12.1 Å². The van der Waals surface area contributed by atoms with Crippen LogP contribution >= 0.6 is 11.6 Å². The highest BCUT2D eigenvalue weighted by Crippen LogP contribution is 2.40. The number of nitrogens with two attached hydrogens (primary N) is 1. The summed E-state index contributed by atoms with van der Waals surface area (Å²) in [5, 5.41) is 0.578. The van der Waals surface area contributed by atoms with Crippen molar-refractivity contribution in [2.45, 2.75) is 32.2 Å². The summed E-state index contributed by atoms with van der Waals surface area (Å²) >= 11 is 6.48. The van der Waals surface area contributed by atoms with E-state index in [1.165, 1.54) is 12.8 Å². The molecule has 1 aromatic rings. The number of halogens is 1. The number of nitrogens with zero attached hydrogens (tertiary/aromatic N) is 1. The molecule has 0 spiro atoms.